The molecular formula is C16H19OSi. The first kappa shape index (κ1) is 13.1. The van der Waals surface area contributed by atoms with Crippen LogP contribution in [0.2, 0.25) is 0 Å². The second-order valence-electron chi connectivity index (χ2n) is 4.40. The monoisotopic (exact) mass is 255 g/mol. The third-order valence-electron chi connectivity index (χ3n) is 2.97. The van der Waals surface area contributed by atoms with E-state index in [4.69, 9.17) is 4.43 Å². The molecule has 0 N–H and O–H groups in total. The zero-order valence-corrected chi connectivity index (χ0v) is 12.0. The molecule has 1 nitrogen and oxygen atoms in total. The molecule has 0 fully saturated rings. The quantitative estimate of drug-likeness (QED) is 0.746. The first-order chi connectivity index (χ1) is 8.81. The van der Waals surface area contributed by atoms with Crippen LogP contribution in [-0.4, -0.2) is 15.1 Å². The second-order valence-corrected chi connectivity index (χ2v) is 6.45. The van der Waals surface area contributed by atoms with Gasteiger partial charge in [-0.1, -0.05) is 67.6 Å². The van der Waals surface area contributed by atoms with E-state index >= 15 is 0 Å². The summed E-state index contributed by atoms with van der Waals surface area (Å²) < 4.78 is 6.27. The maximum absolute atomic E-state index is 6.27. The fraction of sp³-hybridized carbons (Fsp3) is 0.250. The van der Waals surface area contributed by atoms with Gasteiger partial charge in [-0.2, -0.15) is 0 Å². The van der Waals surface area contributed by atoms with Crippen LogP contribution in [0.15, 0.2) is 60.7 Å². The lowest BCUT2D eigenvalue weighted by atomic mass is 10.3. The Morgan fingerprint density at radius 2 is 1.33 bits per heavy atom. The van der Waals surface area contributed by atoms with Crippen molar-refractivity contribution in [2.45, 2.75) is 26.4 Å². The largest absolute Gasteiger partial charge is 0.405 e. The van der Waals surface area contributed by atoms with Gasteiger partial charge < -0.3 is 4.43 Å². The van der Waals surface area contributed by atoms with E-state index in [9.17, 15) is 0 Å². The van der Waals surface area contributed by atoms with Gasteiger partial charge in [0, 0.05) is 6.10 Å². The molecule has 2 aromatic carbocycles. The highest BCUT2D eigenvalue weighted by Crippen LogP contribution is 2.01. The molecule has 0 aliphatic carbocycles. The Hall–Kier alpha value is -1.38. The Morgan fingerprint density at radius 1 is 0.889 bits per heavy atom. The van der Waals surface area contributed by atoms with Crippen molar-refractivity contribution < 1.29 is 4.43 Å². The van der Waals surface area contributed by atoms with Crippen LogP contribution in [0.4, 0.5) is 0 Å². The Morgan fingerprint density at radius 3 is 1.72 bits per heavy atom. The lowest BCUT2D eigenvalue weighted by Gasteiger charge is -2.20. The van der Waals surface area contributed by atoms with Crippen LogP contribution in [0.25, 0.3) is 0 Å². The van der Waals surface area contributed by atoms with Crippen LogP contribution in [0.1, 0.15) is 20.3 Å². The Balaban J connectivity index is 2.29. The maximum Gasteiger partial charge on any atom is 0.283 e. The molecule has 0 spiro atoms. The van der Waals surface area contributed by atoms with Crippen molar-refractivity contribution in [2.75, 3.05) is 0 Å². The average molecular weight is 255 g/mol. The van der Waals surface area contributed by atoms with E-state index < -0.39 is 9.04 Å². The zero-order valence-electron chi connectivity index (χ0n) is 11.0. The molecule has 0 saturated heterocycles. The summed E-state index contributed by atoms with van der Waals surface area (Å²) in [6.07, 6.45) is 1.35. The van der Waals surface area contributed by atoms with Gasteiger partial charge in [0.25, 0.3) is 9.04 Å². The smallest absolute Gasteiger partial charge is 0.283 e. The van der Waals surface area contributed by atoms with Crippen LogP contribution in [0, 0.1) is 0 Å². The van der Waals surface area contributed by atoms with E-state index in [1.165, 1.54) is 10.4 Å². The fourth-order valence-corrected chi connectivity index (χ4v) is 3.93. The third kappa shape index (κ3) is 3.31. The van der Waals surface area contributed by atoms with Crippen LogP contribution in [-0.2, 0) is 4.43 Å². The molecule has 0 aliphatic heterocycles. The molecule has 2 aromatic rings. The molecule has 0 heterocycles. The van der Waals surface area contributed by atoms with Crippen molar-refractivity contribution in [3.63, 3.8) is 0 Å². The Kier molecular flexibility index (Phi) is 4.73. The van der Waals surface area contributed by atoms with Gasteiger partial charge in [0.15, 0.2) is 0 Å². The molecule has 2 rings (SSSR count). The molecule has 0 saturated carbocycles. The predicted octanol–water partition coefficient (Wildman–Crippen LogP) is 2.61. The van der Waals surface area contributed by atoms with Crippen LogP contribution in [0.5, 0.6) is 0 Å². The lowest BCUT2D eigenvalue weighted by Crippen LogP contribution is -2.46. The van der Waals surface area contributed by atoms with Gasteiger partial charge in [-0.3, -0.25) is 0 Å². The highest BCUT2D eigenvalue weighted by molar-refractivity contribution is 6.80. The number of benzene rings is 2. The average Bonchev–Trinajstić information content (AvgIpc) is 2.46. The summed E-state index contributed by atoms with van der Waals surface area (Å²) in [5, 5.41) is 2.63. The van der Waals surface area contributed by atoms with Gasteiger partial charge in [-0.15, -0.1) is 0 Å². The van der Waals surface area contributed by atoms with Crippen LogP contribution in [0.3, 0.4) is 0 Å². The first-order valence-electron chi connectivity index (χ1n) is 6.45. The molecule has 0 bridgehead atoms. The summed E-state index contributed by atoms with van der Waals surface area (Å²) in [7, 11) is -1.11. The van der Waals surface area contributed by atoms with Crippen molar-refractivity contribution >= 4 is 19.4 Å². The van der Waals surface area contributed by atoms with Crippen molar-refractivity contribution in [3.8, 4) is 0 Å². The maximum atomic E-state index is 6.27. The first-order valence-corrected chi connectivity index (χ1v) is 7.86. The minimum atomic E-state index is -1.11. The summed E-state index contributed by atoms with van der Waals surface area (Å²) in [5.74, 6) is 0. The Bertz CT molecular complexity index is 416. The van der Waals surface area contributed by atoms with E-state index in [1.807, 2.05) is 0 Å². The van der Waals surface area contributed by atoms with E-state index in [1.54, 1.807) is 0 Å². The van der Waals surface area contributed by atoms with E-state index in [-0.39, 0.29) is 0 Å². The van der Waals surface area contributed by atoms with Gasteiger partial charge in [0.2, 0.25) is 0 Å². The zero-order chi connectivity index (χ0) is 12.8. The van der Waals surface area contributed by atoms with E-state index in [0.29, 0.717) is 6.10 Å². The minimum Gasteiger partial charge on any atom is -0.405 e. The summed E-state index contributed by atoms with van der Waals surface area (Å²) in [6.45, 7) is 4.32. The molecule has 18 heavy (non-hydrogen) atoms. The predicted molar refractivity (Wildman–Crippen MR) is 78.7 cm³/mol. The van der Waals surface area contributed by atoms with Gasteiger partial charge in [0.05, 0.1) is 0 Å². The second kappa shape index (κ2) is 6.52. The van der Waals surface area contributed by atoms with Gasteiger partial charge >= 0.3 is 0 Å². The molecule has 1 unspecified atom stereocenters. The van der Waals surface area contributed by atoms with E-state index in [0.717, 1.165) is 6.42 Å². The van der Waals surface area contributed by atoms with E-state index in [2.05, 4.69) is 74.5 Å². The van der Waals surface area contributed by atoms with Crippen LogP contribution >= 0.6 is 0 Å². The standard InChI is InChI=1S/C16H19OSi/c1-3-14(2)17-18(15-10-6-4-7-11-15)16-12-8-5-9-13-16/h4-14H,3H2,1-2H3. The highest BCUT2D eigenvalue weighted by atomic mass is 28.3. The molecule has 1 radical (unpaired) electrons. The van der Waals surface area contributed by atoms with Gasteiger partial charge in [0.1, 0.15) is 0 Å². The fourth-order valence-electron chi connectivity index (χ4n) is 1.77. The van der Waals surface area contributed by atoms with Gasteiger partial charge in [-0.25, -0.2) is 0 Å². The topological polar surface area (TPSA) is 9.23 Å². The normalized spacial score (nSPS) is 12.6. The number of rotatable bonds is 5. The molecule has 2 heteroatoms. The molecule has 0 amide bonds. The molecular weight excluding hydrogens is 236 g/mol. The summed E-state index contributed by atoms with van der Waals surface area (Å²) in [6, 6.07) is 21.1. The molecule has 1 atom stereocenters. The van der Waals surface area contributed by atoms with Crippen molar-refractivity contribution in [1.82, 2.24) is 0 Å². The minimum absolute atomic E-state index is 0.305. The summed E-state index contributed by atoms with van der Waals surface area (Å²) in [4.78, 5) is 0. The highest BCUT2D eigenvalue weighted by Gasteiger charge is 2.20. The molecule has 0 aliphatic rings. The molecule has 0 aromatic heterocycles. The summed E-state index contributed by atoms with van der Waals surface area (Å²) in [5.41, 5.74) is 0. The van der Waals surface area contributed by atoms with Crippen molar-refractivity contribution in [1.29, 1.82) is 0 Å². The number of hydrogen-bond acceptors (Lipinski definition) is 1. The van der Waals surface area contributed by atoms with Gasteiger partial charge in [-0.05, 0) is 23.7 Å². The summed E-state index contributed by atoms with van der Waals surface area (Å²) >= 11 is 0. The third-order valence-corrected chi connectivity index (χ3v) is 5.32. The molecule has 93 valence electrons. The van der Waals surface area contributed by atoms with Crippen molar-refractivity contribution in [3.05, 3.63) is 60.7 Å². The number of hydrogen-bond donors (Lipinski definition) is 0. The van der Waals surface area contributed by atoms with Crippen LogP contribution < -0.4 is 10.4 Å². The Labute approximate surface area is 111 Å². The SMILES string of the molecule is CCC(C)O[Si](c1ccccc1)c1ccccc1. The van der Waals surface area contributed by atoms with Crippen molar-refractivity contribution in [2.24, 2.45) is 0 Å². The lowest BCUT2D eigenvalue weighted by molar-refractivity contribution is 0.226.